The van der Waals surface area contributed by atoms with Gasteiger partial charge < -0.3 is 9.83 Å². The number of nitrogens with one attached hydrogen (secondary N) is 1. The van der Waals surface area contributed by atoms with Crippen LogP contribution in [-0.2, 0) is 0 Å². The van der Waals surface area contributed by atoms with E-state index in [0.29, 0.717) is 24.2 Å². The summed E-state index contributed by atoms with van der Waals surface area (Å²) in [6, 6.07) is 11.2. The maximum atomic E-state index is 13.0. The van der Waals surface area contributed by atoms with E-state index in [1.165, 1.54) is 0 Å². The van der Waals surface area contributed by atoms with Gasteiger partial charge in [0.05, 0.1) is 29.9 Å². The van der Waals surface area contributed by atoms with E-state index in [1.54, 1.807) is 30.7 Å². The Labute approximate surface area is 145 Å². The predicted octanol–water partition coefficient (Wildman–Crippen LogP) is 2.71. The molecule has 25 heavy (non-hydrogen) atoms. The maximum absolute atomic E-state index is 13.0. The van der Waals surface area contributed by atoms with E-state index in [0.717, 1.165) is 16.6 Å². The summed E-state index contributed by atoms with van der Waals surface area (Å²) in [4.78, 5) is 16.9. The molecule has 0 fully saturated rings. The van der Waals surface area contributed by atoms with E-state index in [-0.39, 0.29) is 5.78 Å². The van der Waals surface area contributed by atoms with Crippen molar-refractivity contribution in [3.63, 3.8) is 0 Å². The molecule has 3 rings (SSSR count). The first-order valence-corrected chi connectivity index (χ1v) is 7.91. The number of carbonyl (C=O) groups is 1. The van der Waals surface area contributed by atoms with Crippen molar-refractivity contribution in [2.24, 2.45) is 5.10 Å². The van der Waals surface area contributed by atoms with E-state index >= 15 is 0 Å². The average Bonchev–Trinajstić information content (AvgIpc) is 2.93. The lowest BCUT2D eigenvalue weighted by Gasteiger charge is -2.03. The number of fused-ring (bicyclic) bond motifs is 1. The Morgan fingerprint density at radius 1 is 1.36 bits per heavy atom. The van der Waals surface area contributed by atoms with Crippen LogP contribution in [0.15, 0.2) is 54.0 Å². The van der Waals surface area contributed by atoms with Crippen molar-refractivity contribution in [2.75, 3.05) is 6.54 Å². The van der Waals surface area contributed by atoms with Gasteiger partial charge in [0.2, 0.25) is 5.78 Å². The smallest absolute Gasteiger partial charge is 0.210 e. The second kappa shape index (κ2) is 7.41. The summed E-state index contributed by atoms with van der Waals surface area (Å²) < 4.78 is 1.88. The number of hydrogen-bond acceptors (Lipinski definition) is 5. The number of hydrogen-bond donors (Lipinski definition) is 1. The van der Waals surface area contributed by atoms with Gasteiger partial charge in [0.25, 0.3) is 0 Å². The SMILES string of the molecule is Cc1c(C=NNCCC#N)c2ccccn2c1C(=O)c1ccncc1. The van der Waals surface area contributed by atoms with Crippen LogP contribution in [0.2, 0.25) is 0 Å². The number of nitrogens with zero attached hydrogens (tertiary/aromatic N) is 4. The van der Waals surface area contributed by atoms with Crippen molar-refractivity contribution >= 4 is 17.5 Å². The van der Waals surface area contributed by atoms with E-state index in [1.807, 2.05) is 35.7 Å². The van der Waals surface area contributed by atoms with Gasteiger partial charge in [-0.3, -0.25) is 9.78 Å². The van der Waals surface area contributed by atoms with E-state index < -0.39 is 0 Å². The van der Waals surface area contributed by atoms with Crippen molar-refractivity contribution in [1.29, 1.82) is 5.26 Å². The molecule has 0 aromatic carbocycles. The molecule has 6 nitrogen and oxygen atoms in total. The number of pyridine rings is 2. The van der Waals surface area contributed by atoms with E-state index in [4.69, 9.17) is 5.26 Å². The van der Waals surface area contributed by atoms with Gasteiger partial charge in [-0.05, 0) is 36.8 Å². The Morgan fingerprint density at radius 3 is 2.92 bits per heavy atom. The van der Waals surface area contributed by atoms with Crippen molar-refractivity contribution in [3.8, 4) is 6.07 Å². The van der Waals surface area contributed by atoms with Crippen LogP contribution in [-0.4, -0.2) is 27.9 Å². The van der Waals surface area contributed by atoms with E-state index in [2.05, 4.69) is 21.6 Å². The Bertz CT molecular complexity index is 967. The van der Waals surface area contributed by atoms with Gasteiger partial charge in [-0.25, -0.2) is 0 Å². The number of aromatic nitrogens is 2. The summed E-state index contributed by atoms with van der Waals surface area (Å²) in [5.41, 5.74) is 6.69. The first-order chi connectivity index (χ1) is 12.2. The third-order valence-electron chi connectivity index (χ3n) is 3.93. The number of carbonyl (C=O) groups excluding carboxylic acids is 1. The van der Waals surface area contributed by atoms with Crippen molar-refractivity contribution in [3.05, 3.63) is 71.3 Å². The second-order valence-electron chi connectivity index (χ2n) is 5.48. The fourth-order valence-electron chi connectivity index (χ4n) is 2.73. The van der Waals surface area contributed by atoms with Gasteiger partial charge in [-0.15, -0.1) is 0 Å². The Hall–Kier alpha value is -3.46. The third kappa shape index (κ3) is 3.26. The minimum Gasteiger partial charge on any atom is -0.313 e. The molecule has 0 aliphatic heterocycles. The summed E-state index contributed by atoms with van der Waals surface area (Å²) in [5, 5.41) is 12.7. The molecule has 0 saturated carbocycles. The van der Waals surface area contributed by atoms with Crippen LogP contribution in [0.4, 0.5) is 0 Å². The molecule has 0 bridgehead atoms. The first-order valence-electron chi connectivity index (χ1n) is 7.91. The van der Waals surface area contributed by atoms with Gasteiger partial charge in [0.1, 0.15) is 0 Å². The second-order valence-corrected chi connectivity index (χ2v) is 5.48. The lowest BCUT2D eigenvalue weighted by molar-refractivity contribution is 0.103. The zero-order chi connectivity index (χ0) is 17.6. The average molecular weight is 331 g/mol. The van der Waals surface area contributed by atoms with Crippen LogP contribution >= 0.6 is 0 Å². The van der Waals surface area contributed by atoms with Crippen LogP contribution in [0.5, 0.6) is 0 Å². The zero-order valence-corrected chi connectivity index (χ0v) is 13.8. The quantitative estimate of drug-likeness (QED) is 0.326. The summed E-state index contributed by atoms with van der Waals surface area (Å²) in [6.45, 7) is 2.40. The van der Waals surface area contributed by atoms with Crippen molar-refractivity contribution < 1.29 is 4.79 Å². The highest BCUT2D eigenvalue weighted by molar-refractivity contribution is 6.11. The summed E-state index contributed by atoms with van der Waals surface area (Å²) in [7, 11) is 0. The first kappa shape index (κ1) is 16.4. The number of ketones is 1. The molecule has 0 saturated heterocycles. The van der Waals surface area contributed by atoms with Crippen LogP contribution in [0.1, 0.15) is 33.6 Å². The molecule has 0 atom stereocenters. The fraction of sp³-hybridized carbons (Fsp3) is 0.158. The Balaban J connectivity index is 2.04. The predicted molar refractivity (Wildman–Crippen MR) is 95.6 cm³/mol. The van der Waals surface area contributed by atoms with Crippen LogP contribution in [0.25, 0.3) is 5.52 Å². The van der Waals surface area contributed by atoms with Crippen LogP contribution in [0.3, 0.4) is 0 Å². The fourth-order valence-corrected chi connectivity index (χ4v) is 2.73. The standard InChI is InChI=1S/C19H17N5O/c1-14-16(13-23-22-9-4-8-20)17-5-2-3-12-24(17)18(14)19(25)15-6-10-21-11-7-15/h2-3,5-7,10-13,22H,4,9H2,1H3. The molecular weight excluding hydrogens is 314 g/mol. The molecule has 0 aliphatic rings. The molecule has 0 spiro atoms. The maximum Gasteiger partial charge on any atom is 0.210 e. The highest BCUT2D eigenvalue weighted by atomic mass is 16.1. The van der Waals surface area contributed by atoms with E-state index in [9.17, 15) is 4.79 Å². The molecule has 124 valence electrons. The van der Waals surface area contributed by atoms with Gasteiger partial charge in [0.15, 0.2) is 0 Å². The number of nitriles is 1. The van der Waals surface area contributed by atoms with Crippen LogP contribution < -0.4 is 5.43 Å². The molecule has 0 unspecified atom stereocenters. The molecule has 3 aromatic rings. The third-order valence-corrected chi connectivity index (χ3v) is 3.93. The zero-order valence-electron chi connectivity index (χ0n) is 13.8. The molecule has 0 radical (unpaired) electrons. The molecule has 3 heterocycles. The number of hydrazone groups is 1. The topological polar surface area (TPSA) is 82.5 Å². The summed E-state index contributed by atoms with van der Waals surface area (Å²) in [6.07, 6.45) is 7.18. The highest BCUT2D eigenvalue weighted by Crippen LogP contribution is 2.24. The highest BCUT2D eigenvalue weighted by Gasteiger charge is 2.20. The number of rotatable bonds is 6. The lowest BCUT2D eigenvalue weighted by Crippen LogP contribution is -2.07. The van der Waals surface area contributed by atoms with Gasteiger partial charge in [0, 0.05) is 36.3 Å². The lowest BCUT2D eigenvalue weighted by atomic mass is 10.1. The molecule has 0 aliphatic carbocycles. The monoisotopic (exact) mass is 331 g/mol. The van der Waals surface area contributed by atoms with Gasteiger partial charge >= 0.3 is 0 Å². The largest absolute Gasteiger partial charge is 0.313 e. The molecule has 1 N–H and O–H groups in total. The Kier molecular flexibility index (Phi) is 4.86. The summed E-state index contributed by atoms with van der Waals surface area (Å²) >= 11 is 0. The normalized spacial score (nSPS) is 10.9. The van der Waals surface area contributed by atoms with Gasteiger partial charge in [-0.1, -0.05) is 6.07 Å². The van der Waals surface area contributed by atoms with Crippen molar-refractivity contribution in [1.82, 2.24) is 14.8 Å². The molecule has 3 aromatic heterocycles. The Morgan fingerprint density at radius 2 is 2.16 bits per heavy atom. The minimum absolute atomic E-state index is 0.0572. The molecular formula is C19H17N5O. The van der Waals surface area contributed by atoms with Gasteiger partial charge in [-0.2, -0.15) is 10.4 Å². The summed E-state index contributed by atoms with van der Waals surface area (Å²) in [5.74, 6) is -0.0572. The molecule has 0 amide bonds. The minimum atomic E-state index is -0.0572. The molecule has 6 heteroatoms. The van der Waals surface area contributed by atoms with Crippen LogP contribution in [0, 0.1) is 18.3 Å². The van der Waals surface area contributed by atoms with Crippen molar-refractivity contribution in [2.45, 2.75) is 13.3 Å².